The summed E-state index contributed by atoms with van der Waals surface area (Å²) in [7, 11) is 0. The Morgan fingerprint density at radius 2 is 1.81 bits per heavy atom. The summed E-state index contributed by atoms with van der Waals surface area (Å²) in [6.07, 6.45) is 0. The second-order valence-electron chi connectivity index (χ2n) is 5.27. The van der Waals surface area contributed by atoms with Crippen molar-refractivity contribution >= 4 is 5.97 Å². The largest absolute Gasteiger partial charge is 0.482 e. The van der Waals surface area contributed by atoms with Crippen LogP contribution in [0.1, 0.15) is 30.9 Å². The summed E-state index contributed by atoms with van der Waals surface area (Å²) in [5.41, 5.74) is 2.08. The van der Waals surface area contributed by atoms with Gasteiger partial charge in [0, 0.05) is 0 Å². The van der Waals surface area contributed by atoms with Crippen LogP contribution >= 0.6 is 0 Å². The highest BCUT2D eigenvalue weighted by Gasteiger charge is 2.12. The summed E-state index contributed by atoms with van der Waals surface area (Å²) >= 11 is 0. The first-order chi connectivity index (χ1) is 10.1. The van der Waals surface area contributed by atoms with Gasteiger partial charge < -0.3 is 9.47 Å². The first-order valence-electron chi connectivity index (χ1n) is 7.05. The number of carbonyl (C=O) groups is 1. The molecule has 0 fully saturated rings. The molecule has 0 heterocycles. The minimum absolute atomic E-state index is 0.102. The summed E-state index contributed by atoms with van der Waals surface area (Å²) in [4.78, 5) is 11.9. The lowest BCUT2D eigenvalue weighted by Gasteiger charge is -2.14. The summed E-state index contributed by atoms with van der Waals surface area (Å²) in [5, 5.41) is 0. The van der Waals surface area contributed by atoms with Crippen LogP contribution < -0.4 is 9.47 Å². The van der Waals surface area contributed by atoms with Crippen molar-refractivity contribution in [1.29, 1.82) is 0 Å². The number of hydrogen-bond donors (Lipinski definition) is 0. The first-order valence-corrected chi connectivity index (χ1v) is 7.05. The zero-order chi connectivity index (χ0) is 15.2. The second-order valence-corrected chi connectivity index (χ2v) is 5.27. The van der Waals surface area contributed by atoms with E-state index in [9.17, 15) is 4.79 Å². The quantitative estimate of drug-likeness (QED) is 0.612. The molecule has 0 aliphatic heterocycles. The molecule has 21 heavy (non-hydrogen) atoms. The van der Waals surface area contributed by atoms with Crippen LogP contribution in [0.25, 0.3) is 0 Å². The molecule has 0 radical (unpaired) electrons. The Morgan fingerprint density at radius 1 is 1.10 bits per heavy atom. The maximum absolute atomic E-state index is 11.9. The van der Waals surface area contributed by atoms with Crippen molar-refractivity contribution in [3.63, 3.8) is 0 Å². The highest BCUT2D eigenvalue weighted by molar-refractivity contribution is 5.74. The Balaban J connectivity index is 2.01. The molecule has 2 aromatic rings. The van der Waals surface area contributed by atoms with Crippen LogP contribution in [-0.2, 0) is 4.79 Å². The van der Waals surface area contributed by atoms with Crippen molar-refractivity contribution in [3.05, 3.63) is 59.7 Å². The maximum Gasteiger partial charge on any atom is 0.349 e. The SMILES string of the molecule is Cc1ccc(C(C)C)c(OC(=O)COc2ccccc2)c1. The highest BCUT2D eigenvalue weighted by Crippen LogP contribution is 2.27. The molecule has 0 atom stereocenters. The summed E-state index contributed by atoms with van der Waals surface area (Å²) in [6.45, 7) is 6.02. The van der Waals surface area contributed by atoms with Gasteiger partial charge in [0.2, 0.25) is 0 Å². The molecule has 2 aromatic carbocycles. The van der Waals surface area contributed by atoms with Crippen LogP contribution in [0, 0.1) is 6.92 Å². The van der Waals surface area contributed by atoms with E-state index in [-0.39, 0.29) is 6.61 Å². The lowest BCUT2D eigenvalue weighted by molar-refractivity contribution is -0.136. The topological polar surface area (TPSA) is 35.5 Å². The van der Waals surface area contributed by atoms with Gasteiger partial charge in [-0.05, 0) is 42.2 Å². The summed E-state index contributed by atoms with van der Waals surface area (Å²) in [6, 6.07) is 15.1. The second kappa shape index (κ2) is 6.93. The molecule has 0 aromatic heterocycles. The third-order valence-electron chi connectivity index (χ3n) is 3.11. The van der Waals surface area contributed by atoms with E-state index >= 15 is 0 Å². The monoisotopic (exact) mass is 284 g/mol. The molecule has 0 bridgehead atoms. The Hall–Kier alpha value is -2.29. The van der Waals surface area contributed by atoms with E-state index in [0.717, 1.165) is 11.1 Å². The van der Waals surface area contributed by atoms with Crippen molar-refractivity contribution in [2.24, 2.45) is 0 Å². The molecule has 110 valence electrons. The fourth-order valence-electron chi connectivity index (χ4n) is 2.02. The lowest BCUT2D eigenvalue weighted by atomic mass is 10.0. The van der Waals surface area contributed by atoms with E-state index in [1.807, 2.05) is 43.3 Å². The first kappa shape index (κ1) is 15.1. The molecule has 0 unspecified atom stereocenters. The van der Waals surface area contributed by atoms with Gasteiger partial charge >= 0.3 is 5.97 Å². The van der Waals surface area contributed by atoms with Crippen LogP contribution in [0.2, 0.25) is 0 Å². The Labute approximate surface area is 125 Å². The zero-order valence-electron chi connectivity index (χ0n) is 12.6. The van der Waals surface area contributed by atoms with E-state index in [4.69, 9.17) is 9.47 Å². The van der Waals surface area contributed by atoms with E-state index in [2.05, 4.69) is 13.8 Å². The lowest BCUT2D eigenvalue weighted by Crippen LogP contribution is -2.18. The smallest absolute Gasteiger partial charge is 0.349 e. The average Bonchev–Trinajstić information content (AvgIpc) is 2.46. The van der Waals surface area contributed by atoms with Crippen molar-refractivity contribution in [2.75, 3.05) is 6.61 Å². The molecule has 0 saturated heterocycles. The Kier molecular flexibility index (Phi) is 4.99. The standard InChI is InChI=1S/C18H20O3/c1-13(2)16-10-9-14(3)11-17(16)21-18(19)12-20-15-7-5-4-6-8-15/h4-11,13H,12H2,1-3H3. The third kappa shape index (κ3) is 4.35. The van der Waals surface area contributed by atoms with Crippen molar-refractivity contribution in [1.82, 2.24) is 0 Å². The van der Waals surface area contributed by atoms with Crippen molar-refractivity contribution in [3.8, 4) is 11.5 Å². The Bertz CT molecular complexity index is 603. The van der Waals surface area contributed by atoms with E-state index in [1.165, 1.54) is 0 Å². The van der Waals surface area contributed by atoms with Gasteiger partial charge in [0.25, 0.3) is 0 Å². The van der Waals surface area contributed by atoms with Crippen LogP contribution in [-0.4, -0.2) is 12.6 Å². The molecule has 2 rings (SSSR count). The van der Waals surface area contributed by atoms with E-state index < -0.39 is 5.97 Å². The predicted molar refractivity (Wildman–Crippen MR) is 82.8 cm³/mol. The van der Waals surface area contributed by atoms with Crippen molar-refractivity contribution < 1.29 is 14.3 Å². The Morgan fingerprint density at radius 3 is 2.48 bits per heavy atom. The molecule has 0 aliphatic rings. The van der Waals surface area contributed by atoms with E-state index in [1.54, 1.807) is 12.1 Å². The van der Waals surface area contributed by atoms with Gasteiger partial charge in [0.15, 0.2) is 6.61 Å². The molecule has 0 spiro atoms. The molecule has 0 saturated carbocycles. The third-order valence-corrected chi connectivity index (χ3v) is 3.11. The zero-order valence-corrected chi connectivity index (χ0v) is 12.6. The highest BCUT2D eigenvalue weighted by atomic mass is 16.6. The number of benzene rings is 2. The number of hydrogen-bond acceptors (Lipinski definition) is 3. The van der Waals surface area contributed by atoms with Gasteiger partial charge in [-0.25, -0.2) is 4.79 Å². The van der Waals surface area contributed by atoms with Gasteiger partial charge in [0.1, 0.15) is 11.5 Å². The number of ether oxygens (including phenoxy) is 2. The molecule has 0 aliphatic carbocycles. The fourth-order valence-corrected chi connectivity index (χ4v) is 2.02. The number of rotatable bonds is 5. The number of para-hydroxylation sites is 1. The minimum Gasteiger partial charge on any atom is -0.482 e. The van der Waals surface area contributed by atoms with Crippen molar-refractivity contribution in [2.45, 2.75) is 26.7 Å². The van der Waals surface area contributed by atoms with Gasteiger partial charge in [-0.15, -0.1) is 0 Å². The average molecular weight is 284 g/mol. The van der Waals surface area contributed by atoms with Gasteiger partial charge in [0.05, 0.1) is 0 Å². The van der Waals surface area contributed by atoms with E-state index in [0.29, 0.717) is 17.4 Å². The van der Waals surface area contributed by atoms with Crippen LogP contribution in [0.4, 0.5) is 0 Å². The van der Waals surface area contributed by atoms with Gasteiger partial charge in [-0.1, -0.05) is 44.2 Å². The van der Waals surface area contributed by atoms with Crippen LogP contribution in [0.5, 0.6) is 11.5 Å². The van der Waals surface area contributed by atoms with Gasteiger partial charge in [-0.3, -0.25) is 0 Å². The maximum atomic E-state index is 11.9. The number of aryl methyl sites for hydroxylation is 1. The molecular weight excluding hydrogens is 264 g/mol. The normalized spacial score (nSPS) is 10.5. The molecule has 0 N–H and O–H groups in total. The molecule has 0 amide bonds. The minimum atomic E-state index is -0.397. The fraction of sp³-hybridized carbons (Fsp3) is 0.278. The summed E-state index contributed by atoms with van der Waals surface area (Å²) < 4.78 is 10.8. The van der Waals surface area contributed by atoms with Crippen LogP contribution in [0.3, 0.4) is 0 Å². The molecule has 3 heteroatoms. The number of carbonyl (C=O) groups excluding carboxylic acids is 1. The predicted octanol–water partition coefficient (Wildman–Crippen LogP) is 4.10. The van der Waals surface area contributed by atoms with Crippen LogP contribution in [0.15, 0.2) is 48.5 Å². The summed E-state index contributed by atoms with van der Waals surface area (Å²) in [5.74, 6) is 1.17. The molecule has 3 nitrogen and oxygen atoms in total. The van der Waals surface area contributed by atoms with Gasteiger partial charge in [-0.2, -0.15) is 0 Å². The molecular formula is C18H20O3. The number of esters is 1.